The molecule has 0 bridgehead atoms. The number of aromatic amines is 1. The van der Waals surface area contributed by atoms with Crippen molar-refractivity contribution in [3.8, 4) is 0 Å². The summed E-state index contributed by atoms with van der Waals surface area (Å²) < 4.78 is 0. The summed E-state index contributed by atoms with van der Waals surface area (Å²) in [6.45, 7) is 2.98. The molecule has 5 heteroatoms. The van der Waals surface area contributed by atoms with Crippen LogP contribution in [0.25, 0.3) is 0 Å². The van der Waals surface area contributed by atoms with Crippen molar-refractivity contribution in [1.29, 1.82) is 0 Å². The fourth-order valence-electron chi connectivity index (χ4n) is 2.80. The molecule has 0 saturated carbocycles. The van der Waals surface area contributed by atoms with E-state index in [4.69, 9.17) is 0 Å². The second kappa shape index (κ2) is 6.43. The van der Waals surface area contributed by atoms with Crippen LogP contribution in [0.5, 0.6) is 0 Å². The molecule has 0 fully saturated rings. The monoisotopic (exact) mass is 303 g/mol. The zero-order valence-corrected chi connectivity index (χ0v) is 13.1. The number of aromatic nitrogens is 2. The van der Waals surface area contributed by atoms with Gasteiger partial charge in [-0.15, -0.1) is 11.3 Å². The van der Waals surface area contributed by atoms with E-state index in [1.54, 1.807) is 17.5 Å². The number of imidazole rings is 1. The van der Waals surface area contributed by atoms with Crippen molar-refractivity contribution in [3.63, 3.8) is 0 Å². The molecule has 4 nitrogen and oxygen atoms in total. The fraction of sp³-hybridized carbons (Fsp3) is 0.500. The Morgan fingerprint density at radius 1 is 1.57 bits per heavy atom. The second-order valence-electron chi connectivity index (χ2n) is 5.80. The van der Waals surface area contributed by atoms with Gasteiger partial charge in [-0.2, -0.15) is 0 Å². The Balaban J connectivity index is 1.49. The molecular weight excluding hydrogens is 282 g/mol. The molecule has 2 N–H and O–H groups in total. The van der Waals surface area contributed by atoms with E-state index in [0.29, 0.717) is 6.54 Å². The van der Waals surface area contributed by atoms with Gasteiger partial charge in [-0.05, 0) is 43.2 Å². The highest BCUT2D eigenvalue weighted by Crippen LogP contribution is 2.32. The molecule has 1 unspecified atom stereocenters. The van der Waals surface area contributed by atoms with E-state index in [-0.39, 0.29) is 5.91 Å². The first-order valence-corrected chi connectivity index (χ1v) is 8.42. The maximum absolute atomic E-state index is 12.2. The predicted molar refractivity (Wildman–Crippen MR) is 84.7 cm³/mol. The highest BCUT2D eigenvalue weighted by molar-refractivity contribution is 7.14. The Kier molecular flexibility index (Phi) is 4.39. The zero-order chi connectivity index (χ0) is 14.7. The van der Waals surface area contributed by atoms with Crippen molar-refractivity contribution in [3.05, 3.63) is 39.6 Å². The van der Waals surface area contributed by atoms with Gasteiger partial charge in [0.2, 0.25) is 0 Å². The van der Waals surface area contributed by atoms with E-state index in [2.05, 4.69) is 28.3 Å². The van der Waals surface area contributed by atoms with Crippen LogP contribution in [0.4, 0.5) is 0 Å². The van der Waals surface area contributed by atoms with E-state index in [1.165, 1.54) is 16.9 Å². The predicted octanol–water partition coefficient (Wildman–Crippen LogP) is 2.96. The van der Waals surface area contributed by atoms with Crippen molar-refractivity contribution >= 4 is 17.2 Å². The van der Waals surface area contributed by atoms with Crippen LogP contribution >= 0.6 is 11.3 Å². The van der Waals surface area contributed by atoms with E-state index < -0.39 is 0 Å². The molecule has 0 aliphatic heterocycles. The smallest absolute Gasteiger partial charge is 0.261 e. The Morgan fingerprint density at radius 3 is 3.29 bits per heavy atom. The molecule has 1 atom stereocenters. The molecule has 2 aromatic rings. The third-order valence-corrected chi connectivity index (χ3v) is 5.22. The number of nitrogens with one attached hydrogen (secondary N) is 2. The van der Waals surface area contributed by atoms with Gasteiger partial charge in [0.1, 0.15) is 5.82 Å². The molecule has 0 aromatic carbocycles. The van der Waals surface area contributed by atoms with Crippen LogP contribution < -0.4 is 5.32 Å². The lowest BCUT2D eigenvalue weighted by Crippen LogP contribution is -2.24. The minimum absolute atomic E-state index is 0.0708. The van der Waals surface area contributed by atoms with Gasteiger partial charge < -0.3 is 10.3 Å². The summed E-state index contributed by atoms with van der Waals surface area (Å²) in [5, 5.41) is 3.01. The molecule has 0 spiro atoms. The number of hydrogen-bond acceptors (Lipinski definition) is 3. The van der Waals surface area contributed by atoms with Crippen molar-refractivity contribution in [2.24, 2.45) is 5.92 Å². The quantitative estimate of drug-likeness (QED) is 0.834. The number of amides is 1. The summed E-state index contributed by atoms with van der Waals surface area (Å²) in [5.74, 6) is 1.79. The summed E-state index contributed by atoms with van der Waals surface area (Å²) in [4.78, 5) is 21.7. The van der Waals surface area contributed by atoms with Gasteiger partial charge in [0, 0.05) is 30.2 Å². The largest absolute Gasteiger partial charge is 0.351 e. The van der Waals surface area contributed by atoms with Gasteiger partial charge in [0.25, 0.3) is 5.91 Å². The lowest BCUT2D eigenvalue weighted by molar-refractivity contribution is 0.0957. The molecule has 0 radical (unpaired) electrons. The number of nitrogens with zero attached hydrogens (tertiary/aromatic N) is 1. The van der Waals surface area contributed by atoms with E-state index >= 15 is 0 Å². The minimum Gasteiger partial charge on any atom is -0.351 e. The van der Waals surface area contributed by atoms with E-state index in [0.717, 1.165) is 42.3 Å². The number of H-pyrrole nitrogens is 1. The molecule has 1 aliphatic rings. The van der Waals surface area contributed by atoms with Crippen molar-refractivity contribution in [2.45, 2.75) is 39.0 Å². The van der Waals surface area contributed by atoms with Crippen LogP contribution in [-0.4, -0.2) is 22.4 Å². The lowest BCUT2D eigenvalue weighted by atomic mass is 9.90. The van der Waals surface area contributed by atoms with Gasteiger partial charge in [0.15, 0.2) is 0 Å². The van der Waals surface area contributed by atoms with Gasteiger partial charge >= 0.3 is 0 Å². The van der Waals surface area contributed by atoms with Crippen LogP contribution in [0.3, 0.4) is 0 Å². The van der Waals surface area contributed by atoms with Crippen LogP contribution in [0, 0.1) is 5.92 Å². The minimum atomic E-state index is 0.0708. The Bertz CT molecular complexity index is 603. The maximum Gasteiger partial charge on any atom is 0.261 e. The van der Waals surface area contributed by atoms with Crippen LogP contribution in [0.15, 0.2) is 18.5 Å². The first-order chi connectivity index (χ1) is 10.2. The summed E-state index contributed by atoms with van der Waals surface area (Å²) >= 11 is 1.67. The number of thiophene rings is 1. The molecule has 112 valence electrons. The van der Waals surface area contributed by atoms with Crippen LogP contribution in [-0.2, 0) is 19.3 Å². The number of aryl methyl sites for hydroxylation is 2. The summed E-state index contributed by atoms with van der Waals surface area (Å²) in [5.41, 5.74) is 1.39. The maximum atomic E-state index is 12.2. The molecule has 3 rings (SSSR count). The van der Waals surface area contributed by atoms with Gasteiger partial charge in [-0.25, -0.2) is 4.98 Å². The second-order valence-corrected chi connectivity index (χ2v) is 6.94. The number of fused-ring (bicyclic) bond motifs is 1. The van der Waals surface area contributed by atoms with Gasteiger partial charge in [-0.3, -0.25) is 4.79 Å². The normalized spacial score (nSPS) is 17.5. The van der Waals surface area contributed by atoms with Crippen molar-refractivity contribution < 1.29 is 4.79 Å². The fourth-order valence-corrected chi connectivity index (χ4v) is 3.92. The average Bonchev–Trinajstić information content (AvgIpc) is 3.11. The van der Waals surface area contributed by atoms with Gasteiger partial charge in [-0.1, -0.05) is 6.92 Å². The third kappa shape index (κ3) is 3.53. The topological polar surface area (TPSA) is 57.8 Å². The van der Waals surface area contributed by atoms with Crippen molar-refractivity contribution in [1.82, 2.24) is 15.3 Å². The first-order valence-electron chi connectivity index (χ1n) is 7.60. The standard InChI is InChI=1S/C16H21N3OS/c1-11-4-5-13-12(9-11)10-14(21-13)16(20)19-6-2-3-15-17-7-8-18-15/h7-8,10-11H,2-6,9H2,1H3,(H,17,18)(H,19,20). The van der Waals surface area contributed by atoms with Gasteiger partial charge in [0.05, 0.1) is 4.88 Å². The average molecular weight is 303 g/mol. The zero-order valence-electron chi connectivity index (χ0n) is 12.3. The van der Waals surface area contributed by atoms with E-state index in [1.807, 2.05) is 6.20 Å². The molecule has 21 heavy (non-hydrogen) atoms. The number of rotatable bonds is 5. The third-order valence-electron chi connectivity index (χ3n) is 3.98. The molecule has 0 saturated heterocycles. The highest BCUT2D eigenvalue weighted by Gasteiger charge is 2.20. The van der Waals surface area contributed by atoms with Crippen LogP contribution in [0.2, 0.25) is 0 Å². The molecule has 2 heterocycles. The molecular formula is C16H21N3OS. The molecule has 1 amide bonds. The lowest BCUT2D eigenvalue weighted by Gasteiger charge is -2.16. The molecule has 1 aliphatic carbocycles. The molecule has 2 aromatic heterocycles. The van der Waals surface area contributed by atoms with Crippen molar-refractivity contribution in [2.75, 3.05) is 6.54 Å². The van der Waals surface area contributed by atoms with E-state index in [9.17, 15) is 4.79 Å². The van der Waals surface area contributed by atoms with Crippen LogP contribution in [0.1, 0.15) is 45.7 Å². The Labute approximate surface area is 129 Å². The Morgan fingerprint density at radius 2 is 2.48 bits per heavy atom. The number of hydrogen-bond donors (Lipinski definition) is 2. The number of carbonyl (C=O) groups excluding carboxylic acids is 1. The first kappa shape index (κ1) is 14.3. The SMILES string of the molecule is CC1CCc2sc(C(=O)NCCCc3ncc[nH]3)cc2C1. The summed E-state index contributed by atoms with van der Waals surface area (Å²) in [6.07, 6.45) is 8.85. The Hall–Kier alpha value is -1.62. The summed E-state index contributed by atoms with van der Waals surface area (Å²) in [6, 6.07) is 2.09. The summed E-state index contributed by atoms with van der Waals surface area (Å²) in [7, 11) is 0. The highest BCUT2D eigenvalue weighted by atomic mass is 32.1. The number of carbonyl (C=O) groups is 1.